The third-order valence-electron chi connectivity index (χ3n) is 3.02. The van der Waals surface area contributed by atoms with Crippen LogP contribution in [0.5, 0.6) is 0 Å². The van der Waals surface area contributed by atoms with Crippen LogP contribution in [0.3, 0.4) is 0 Å². The number of carbonyl (C=O) groups is 1. The van der Waals surface area contributed by atoms with Crippen molar-refractivity contribution in [1.82, 2.24) is 10.6 Å². The van der Waals surface area contributed by atoms with Gasteiger partial charge in [-0.15, -0.1) is 0 Å². The Balaban J connectivity index is 2.07. The average molecular weight is 258 g/mol. The van der Waals surface area contributed by atoms with Gasteiger partial charge in [-0.25, -0.2) is 0 Å². The zero-order chi connectivity index (χ0) is 13.2. The fourth-order valence-corrected chi connectivity index (χ4v) is 2.13. The van der Waals surface area contributed by atoms with Crippen molar-refractivity contribution in [2.45, 2.75) is 18.1 Å². The lowest BCUT2D eigenvalue weighted by Gasteiger charge is -2.21. The minimum atomic E-state index is -4.83. The molecular formula is C12H13F3N2O. The van der Waals surface area contributed by atoms with E-state index in [0.717, 1.165) is 5.56 Å². The molecule has 0 aromatic heterocycles. The molecule has 0 bridgehead atoms. The van der Waals surface area contributed by atoms with Crippen LogP contribution in [0, 0.1) is 0 Å². The summed E-state index contributed by atoms with van der Waals surface area (Å²) in [6, 6.07) is 8.68. The van der Waals surface area contributed by atoms with Crippen molar-refractivity contribution in [1.29, 1.82) is 0 Å². The Morgan fingerprint density at radius 1 is 1.22 bits per heavy atom. The topological polar surface area (TPSA) is 41.1 Å². The fourth-order valence-electron chi connectivity index (χ4n) is 2.13. The maximum Gasteiger partial charge on any atom is 0.471 e. The lowest BCUT2D eigenvalue weighted by molar-refractivity contribution is -0.174. The molecule has 0 aliphatic carbocycles. The van der Waals surface area contributed by atoms with Gasteiger partial charge in [0.15, 0.2) is 0 Å². The Hall–Kier alpha value is -1.56. The molecule has 1 amide bonds. The smallest absolute Gasteiger partial charge is 0.344 e. The molecule has 1 aliphatic rings. The van der Waals surface area contributed by atoms with E-state index in [1.807, 2.05) is 35.6 Å². The lowest BCUT2D eigenvalue weighted by Crippen LogP contribution is -2.46. The van der Waals surface area contributed by atoms with Crippen molar-refractivity contribution in [2.24, 2.45) is 0 Å². The van der Waals surface area contributed by atoms with Gasteiger partial charge in [-0.1, -0.05) is 30.3 Å². The predicted molar refractivity (Wildman–Crippen MR) is 60.0 cm³/mol. The molecule has 0 radical (unpaired) electrons. The van der Waals surface area contributed by atoms with Crippen LogP contribution in [-0.4, -0.2) is 31.2 Å². The van der Waals surface area contributed by atoms with Crippen LogP contribution in [0.25, 0.3) is 0 Å². The fraction of sp³-hybridized carbons (Fsp3) is 0.417. The minimum Gasteiger partial charge on any atom is -0.344 e. The second kappa shape index (κ2) is 4.97. The highest BCUT2D eigenvalue weighted by atomic mass is 19.4. The number of hydrogen-bond acceptors (Lipinski definition) is 2. The number of alkyl halides is 3. The van der Waals surface area contributed by atoms with E-state index >= 15 is 0 Å². The Bertz CT molecular complexity index is 419. The molecule has 1 aliphatic heterocycles. The zero-order valence-corrected chi connectivity index (χ0v) is 9.50. The van der Waals surface area contributed by atoms with E-state index in [1.165, 1.54) is 0 Å². The van der Waals surface area contributed by atoms with Gasteiger partial charge >= 0.3 is 12.1 Å². The predicted octanol–water partition coefficient (Wildman–Crippen LogP) is 1.42. The van der Waals surface area contributed by atoms with Crippen molar-refractivity contribution in [2.75, 3.05) is 13.1 Å². The molecule has 1 aromatic rings. The van der Waals surface area contributed by atoms with Crippen LogP contribution < -0.4 is 10.6 Å². The van der Waals surface area contributed by atoms with Gasteiger partial charge in [0, 0.05) is 25.0 Å². The lowest BCUT2D eigenvalue weighted by atomic mass is 9.94. The summed E-state index contributed by atoms with van der Waals surface area (Å²) < 4.78 is 36.6. The molecule has 2 rings (SSSR count). The summed E-state index contributed by atoms with van der Waals surface area (Å²) in [5, 5.41) is 5.04. The number of amides is 1. The Morgan fingerprint density at radius 2 is 1.89 bits per heavy atom. The average Bonchev–Trinajstić information content (AvgIpc) is 2.77. The first kappa shape index (κ1) is 12.9. The molecule has 18 heavy (non-hydrogen) atoms. The highest BCUT2D eigenvalue weighted by Crippen LogP contribution is 2.24. The monoisotopic (exact) mass is 258 g/mol. The summed E-state index contributed by atoms with van der Waals surface area (Å²) in [5.74, 6) is -2.00. The van der Waals surface area contributed by atoms with Crippen LogP contribution in [0.15, 0.2) is 30.3 Å². The highest BCUT2D eigenvalue weighted by molar-refractivity contribution is 5.82. The van der Waals surface area contributed by atoms with E-state index in [-0.39, 0.29) is 5.92 Å². The Labute approximate surface area is 102 Å². The first-order chi connectivity index (χ1) is 8.48. The van der Waals surface area contributed by atoms with Crippen molar-refractivity contribution in [3.05, 3.63) is 35.9 Å². The first-order valence-electron chi connectivity index (χ1n) is 5.62. The van der Waals surface area contributed by atoms with Crippen molar-refractivity contribution in [3.63, 3.8) is 0 Å². The van der Waals surface area contributed by atoms with Crippen LogP contribution in [0.2, 0.25) is 0 Å². The third kappa shape index (κ3) is 2.81. The molecule has 1 saturated heterocycles. The third-order valence-corrected chi connectivity index (χ3v) is 3.02. The van der Waals surface area contributed by atoms with Crippen LogP contribution in [-0.2, 0) is 4.79 Å². The maximum atomic E-state index is 12.2. The summed E-state index contributed by atoms with van der Waals surface area (Å²) in [7, 11) is 0. The summed E-state index contributed by atoms with van der Waals surface area (Å²) in [6.45, 7) is 0.911. The number of benzene rings is 1. The van der Waals surface area contributed by atoms with Crippen LogP contribution in [0.1, 0.15) is 11.5 Å². The summed E-state index contributed by atoms with van der Waals surface area (Å²) in [6.07, 6.45) is -4.83. The van der Waals surface area contributed by atoms with E-state index in [0.29, 0.717) is 13.1 Å². The van der Waals surface area contributed by atoms with Gasteiger partial charge in [0.1, 0.15) is 0 Å². The molecule has 1 aromatic carbocycles. The van der Waals surface area contributed by atoms with E-state index in [4.69, 9.17) is 0 Å². The van der Waals surface area contributed by atoms with Gasteiger partial charge in [0.25, 0.3) is 0 Å². The molecule has 1 fully saturated rings. The van der Waals surface area contributed by atoms with Gasteiger partial charge in [-0.3, -0.25) is 4.79 Å². The molecule has 2 N–H and O–H groups in total. The van der Waals surface area contributed by atoms with Gasteiger partial charge in [-0.2, -0.15) is 13.2 Å². The molecular weight excluding hydrogens is 245 g/mol. The SMILES string of the molecule is O=C(NC1CNCC1c1ccccc1)C(F)(F)F. The summed E-state index contributed by atoms with van der Waals surface area (Å²) in [4.78, 5) is 10.9. The van der Waals surface area contributed by atoms with Crippen molar-refractivity contribution >= 4 is 5.91 Å². The largest absolute Gasteiger partial charge is 0.471 e. The molecule has 0 spiro atoms. The van der Waals surface area contributed by atoms with Gasteiger partial charge in [-0.05, 0) is 5.56 Å². The second-order valence-electron chi connectivity index (χ2n) is 4.25. The molecule has 3 nitrogen and oxygen atoms in total. The quantitative estimate of drug-likeness (QED) is 0.842. The van der Waals surface area contributed by atoms with Crippen LogP contribution >= 0.6 is 0 Å². The molecule has 98 valence electrons. The number of halogens is 3. The molecule has 1 heterocycles. The number of hydrogen-bond donors (Lipinski definition) is 2. The van der Waals surface area contributed by atoms with Crippen molar-refractivity contribution in [3.8, 4) is 0 Å². The van der Waals surface area contributed by atoms with E-state index < -0.39 is 18.1 Å². The normalized spacial score (nSPS) is 23.9. The van der Waals surface area contributed by atoms with E-state index in [1.54, 1.807) is 0 Å². The standard InChI is InChI=1S/C12H13F3N2O/c13-12(14,15)11(18)17-10-7-16-6-9(10)8-4-2-1-3-5-8/h1-5,9-10,16H,6-7H2,(H,17,18). The molecule has 6 heteroatoms. The number of carbonyl (C=O) groups excluding carboxylic acids is 1. The number of nitrogens with one attached hydrogen (secondary N) is 2. The maximum absolute atomic E-state index is 12.2. The number of rotatable bonds is 2. The van der Waals surface area contributed by atoms with Crippen molar-refractivity contribution < 1.29 is 18.0 Å². The first-order valence-corrected chi connectivity index (χ1v) is 5.62. The Morgan fingerprint density at radius 3 is 2.50 bits per heavy atom. The van der Waals surface area contributed by atoms with Gasteiger partial charge in [0.05, 0.1) is 0 Å². The molecule has 2 unspecified atom stereocenters. The molecule has 0 saturated carbocycles. The summed E-state index contributed by atoms with van der Waals surface area (Å²) in [5.41, 5.74) is 0.926. The second-order valence-corrected chi connectivity index (χ2v) is 4.25. The molecule has 2 atom stereocenters. The highest BCUT2D eigenvalue weighted by Gasteiger charge is 2.41. The minimum absolute atomic E-state index is 0.127. The van der Waals surface area contributed by atoms with Crippen LogP contribution in [0.4, 0.5) is 13.2 Å². The van der Waals surface area contributed by atoms with Gasteiger partial charge < -0.3 is 10.6 Å². The van der Waals surface area contributed by atoms with E-state index in [2.05, 4.69) is 5.32 Å². The van der Waals surface area contributed by atoms with Gasteiger partial charge in [0.2, 0.25) is 0 Å². The Kier molecular flexibility index (Phi) is 3.56. The van der Waals surface area contributed by atoms with E-state index in [9.17, 15) is 18.0 Å². The summed E-state index contributed by atoms with van der Waals surface area (Å²) >= 11 is 0. The zero-order valence-electron chi connectivity index (χ0n) is 9.50.